The van der Waals surface area contributed by atoms with E-state index in [1.807, 2.05) is 33.8 Å². The smallest absolute Gasteiger partial charge is 0.278 e. The van der Waals surface area contributed by atoms with E-state index < -0.39 is 5.91 Å². The van der Waals surface area contributed by atoms with E-state index >= 15 is 0 Å². The molecule has 3 heterocycles. The highest BCUT2D eigenvalue weighted by molar-refractivity contribution is 6.10. The van der Waals surface area contributed by atoms with E-state index in [9.17, 15) is 4.79 Å². The minimum Gasteiger partial charge on any atom is -0.387 e. The average Bonchev–Trinajstić information content (AvgIpc) is 2.89. The highest BCUT2D eigenvalue weighted by Crippen LogP contribution is 2.29. The predicted octanol–water partition coefficient (Wildman–Crippen LogP) is 3.54. The summed E-state index contributed by atoms with van der Waals surface area (Å²) in [6.07, 6.45) is 3.56. The number of aliphatic imine (C=N–C) groups is 1. The lowest BCUT2D eigenvalue weighted by Crippen LogP contribution is -2.42. The van der Waals surface area contributed by atoms with Gasteiger partial charge < -0.3 is 32.0 Å². The first-order chi connectivity index (χ1) is 18.8. The van der Waals surface area contributed by atoms with Gasteiger partial charge in [0.05, 0.1) is 0 Å². The molecule has 0 radical (unpaired) electrons. The Morgan fingerprint density at radius 3 is 2.52 bits per heavy atom. The van der Waals surface area contributed by atoms with E-state index in [1.54, 1.807) is 12.1 Å². The summed E-state index contributed by atoms with van der Waals surface area (Å²) in [4.78, 5) is 39.4. The molecule has 1 aliphatic rings. The summed E-state index contributed by atoms with van der Waals surface area (Å²) in [5.41, 5.74) is 15.2. The molecule has 6 N–H and O–H groups in total. The van der Waals surface area contributed by atoms with Gasteiger partial charge in [0.2, 0.25) is 5.95 Å². The number of carbonyl (C=O) groups is 1. The van der Waals surface area contributed by atoms with Crippen LogP contribution in [-0.2, 0) is 0 Å². The Balaban J connectivity index is 1.60. The molecule has 0 atom stereocenters. The van der Waals surface area contributed by atoms with Crippen molar-refractivity contribution in [1.29, 1.82) is 5.41 Å². The summed E-state index contributed by atoms with van der Waals surface area (Å²) in [5, 5.41) is 11.5. The van der Waals surface area contributed by atoms with Crippen LogP contribution in [0.15, 0.2) is 29.5 Å². The number of aryl methyl sites for hydroxylation is 1. The lowest BCUT2D eigenvalue weighted by Gasteiger charge is -2.35. The van der Waals surface area contributed by atoms with Crippen molar-refractivity contribution in [2.45, 2.75) is 53.0 Å². The Morgan fingerprint density at radius 2 is 1.88 bits per heavy atom. The molecule has 40 heavy (non-hydrogen) atoms. The fourth-order valence-corrected chi connectivity index (χ4v) is 4.47. The number of nitrogen functional groups attached to an aromatic ring is 1. The van der Waals surface area contributed by atoms with Gasteiger partial charge in [0.25, 0.3) is 5.91 Å². The zero-order valence-corrected chi connectivity index (χ0v) is 24.1. The quantitative estimate of drug-likeness (QED) is 0.254. The molecule has 4 rings (SSSR count). The number of nitrogens with two attached hydrogens (primary N) is 2. The number of hydrogen-bond acceptors (Lipinski definition) is 10. The van der Waals surface area contributed by atoms with Crippen molar-refractivity contribution in [2.24, 2.45) is 16.1 Å². The number of hydrogen-bond donors (Lipinski definition) is 4. The summed E-state index contributed by atoms with van der Waals surface area (Å²) in [6.45, 7) is 9.35. The van der Waals surface area contributed by atoms with Crippen LogP contribution in [0.4, 0.5) is 23.3 Å². The van der Waals surface area contributed by atoms with Crippen LogP contribution in [0.1, 0.15) is 56.0 Å². The van der Waals surface area contributed by atoms with E-state index in [0.29, 0.717) is 45.8 Å². The lowest BCUT2D eigenvalue weighted by atomic mass is 9.88. The summed E-state index contributed by atoms with van der Waals surface area (Å²) in [5.74, 6) is 0.914. The molecular weight excluding hydrogens is 506 g/mol. The zero-order chi connectivity index (χ0) is 29.2. The van der Waals surface area contributed by atoms with Gasteiger partial charge in [0.1, 0.15) is 23.2 Å². The molecular formula is C28H39N11O. The van der Waals surface area contributed by atoms with Crippen LogP contribution in [0.2, 0.25) is 0 Å². The van der Waals surface area contributed by atoms with E-state index in [-0.39, 0.29) is 23.5 Å². The number of anilines is 4. The summed E-state index contributed by atoms with van der Waals surface area (Å²) in [6, 6.07) is 5.75. The Bertz CT molecular complexity index is 1450. The van der Waals surface area contributed by atoms with Gasteiger partial charge >= 0.3 is 0 Å². The molecule has 212 valence electrons. The first kappa shape index (κ1) is 28.8. The number of fused-ring (bicyclic) bond motifs is 1. The molecule has 0 spiro atoms. The van der Waals surface area contributed by atoms with E-state index in [2.05, 4.69) is 49.2 Å². The van der Waals surface area contributed by atoms with Gasteiger partial charge in [-0.15, -0.1) is 0 Å². The maximum absolute atomic E-state index is 12.9. The first-order valence-corrected chi connectivity index (χ1v) is 13.4. The second-order valence-electron chi connectivity index (χ2n) is 11.5. The number of piperidine rings is 1. The van der Waals surface area contributed by atoms with Crippen LogP contribution in [0.5, 0.6) is 0 Å². The zero-order valence-electron chi connectivity index (χ0n) is 24.1. The molecule has 0 aliphatic carbocycles. The molecule has 1 fully saturated rings. The van der Waals surface area contributed by atoms with Gasteiger partial charge in [0, 0.05) is 42.5 Å². The maximum Gasteiger partial charge on any atom is 0.278 e. The number of carbonyl (C=O) groups excluding carboxylic acids is 1. The third-order valence-electron chi connectivity index (χ3n) is 7.22. The van der Waals surface area contributed by atoms with E-state index in [4.69, 9.17) is 21.9 Å². The van der Waals surface area contributed by atoms with Gasteiger partial charge in [-0.2, -0.15) is 9.98 Å². The Kier molecular flexibility index (Phi) is 8.29. The largest absolute Gasteiger partial charge is 0.387 e. The van der Waals surface area contributed by atoms with Gasteiger partial charge in [-0.1, -0.05) is 26.8 Å². The number of rotatable bonds is 7. The van der Waals surface area contributed by atoms with Crippen LogP contribution in [0, 0.1) is 17.7 Å². The molecule has 1 aromatic carbocycles. The minimum absolute atomic E-state index is 0.108. The fraction of sp³-hybridized carbons (Fsp3) is 0.464. The van der Waals surface area contributed by atoms with E-state index in [1.165, 1.54) is 6.33 Å². The van der Waals surface area contributed by atoms with Crippen LogP contribution >= 0.6 is 0 Å². The Labute approximate surface area is 234 Å². The van der Waals surface area contributed by atoms with Crippen molar-refractivity contribution in [3.05, 3.63) is 35.7 Å². The number of amides is 1. The van der Waals surface area contributed by atoms with Crippen LogP contribution in [-0.4, -0.2) is 75.5 Å². The van der Waals surface area contributed by atoms with Crippen LogP contribution in [0.3, 0.4) is 0 Å². The second kappa shape index (κ2) is 11.5. The molecule has 0 bridgehead atoms. The van der Waals surface area contributed by atoms with Crippen molar-refractivity contribution in [2.75, 3.05) is 43.1 Å². The third kappa shape index (κ3) is 6.50. The molecule has 12 heteroatoms. The van der Waals surface area contributed by atoms with Gasteiger partial charge in [-0.25, -0.2) is 15.0 Å². The predicted molar refractivity (Wildman–Crippen MR) is 161 cm³/mol. The minimum atomic E-state index is -0.482. The highest BCUT2D eigenvalue weighted by atomic mass is 16.1. The summed E-state index contributed by atoms with van der Waals surface area (Å²) >= 11 is 0. The van der Waals surface area contributed by atoms with Crippen molar-refractivity contribution in [1.82, 2.24) is 24.8 Å². The number of aromatic nitrogens is 4. The SMILES string of the molecule is Cc1ccc(C(=O)N=C(N)CC(=N)C(C)(C)C)cc1Nc1ncnc2c(N)nc(N3CCC(N(C)C)CC3)nc12. The van der Waals surface area contributed by atoms with Crippen molar-refractivity contribution in [3.63, 3.8) is 0 Å². The molecule has 1 saturated heterocycles. The standard InChI is InChI=1S/C28H39N11O/c1-16-7-8-17(26(40)35-21(30)14-20(29)28(2,3)4)13-19(16)34-25-23-22(32-15-33-25)24(31)37-27(36-23)39-11-9-18(10-12-39)38(5)6/h7-8,13,15,18,29H,9-12,14H2,1-6H3,(H2,30,35,40)(H2,31,36,37)(H,32,33,34). The van der Waals surface area contributed by atoms with Crippen molar-refractivity contribution in [3.8, 4) is 0 Å². The summed E-state index contributed by atoms with van der Waals surface area (Å²) in [7, 11) is 4.20. The Hall–Kier alpha value is -4.19. The van der Waals surface area contributed by atoms with Gasteiger partial charge in [-0.05, 0) is 57.0 Å². The lowest BCUT2D eigenvalue weighted by molar-refractivity contribution is 0.100. The topological polar surface area (TPSA) is 175 Å². The van der Waals surface area contributed by atoms with Crippen molar-refractivity contribution >= 4 is 51.8 Å². The molecule has 2 aromatic heterocycles. The molecule has 1 aliphatic heterocycles. The van der Waals surface area contributed by atoms with Crippen LogP contribution < -0.4 is 21.7 Å². The third-order valence-corrected chi connectivity index (χ3v) is 7.22. The monoisotopic (exact) mass is 545 g/mol. The van der Waals surface area contributed by atoms with Crippen molar-refractivity contribution < 1.29 is 4.79 Å². The van der Waals surface area contributed by atoms with Gasteiger partial charge in [-0.3, -0.25) is 4.79 Å². The van der Waals surface area contributed by atoms with E-state index in [0.717, 1.165) is 31.5 Å². The number of benzene rings is 1. The number of nitrogens with one attached hydrogen (secondary N) is 2. The maximum atomic E-state index is 12.9. The highest BCUT2D eigenvalue weighted by Gasteiger charge is 2.24. The molecule has 0 unspecified atom stereocenters. The Morgan fingerprint density at radius 1 is 1.18 bits per heavy atom. The molecule has 12 nitrogen and oxygen atoms in total. The van der Waals surface area contributed by atoms with Crippen LogP contribution in [0.25, 0.3) is 11.0 Å². The average molecular weight is 546 g/mol. The fourth-order valence-electron chi connectivity index (χ4n) is 4.47. The van der Waals surface area contributed by atoms with Gasteiger partial charge in [0.15, 0.2) is 11.6 Å². The second-order valence-corrected chi connectivity index (χ2v) is 11.5. The first-order valence-electron chi connectivity index (χ1n) is 13.4. The molecule has 0 saturated carbocycles. The number of nitrogens with zero attached hydrogens (tertiary/aromatic N) is 7. The summed E-state index contributed by atoms with van der Waals surface area (Å²) < 4.78 is 0. The number of amidine groups is 1. The normalized spacial score (nSPS) is 15.1. The molecule has 3 aromatic rings. The molecule has 1 amide bonds.